The molecule has 132 valence electrons. The van der Waals surface area contributed by atoms with Gasteiger partial charge in [0.1, 0.15) is 23.1 Å². The Bertz CT molecular complexity index is 742. The van der Waals surface area contributed by atoms with Crippen LogP contribution >= 0.6 is 0 Å². The fourth-order valence-electron chi connectivity index (χ4n) is 2.99. The van der Waals surface area contributed by atoms with Crippen LogP contribution < -0.4 is 15.0 Å². The molecule has 2 aromatic rings. The van der Waals surface area contributed by atoms with E-state index in [1.54, 1.807) is 6.07 Å². The number of hydrogen-bond acceptors (Lipinski definition) is 5. The molecule has 1 aliphatic heterocycles. The highest BCUT2D eigenvalue weighted by Gasteiger charge is 2.17. The lowest BCUT2D eigenvalue weighted by Crippen LogP contribution is -2.31. The molecule has 1 aliphatic rings. The highest BCUT2D eigenvalue weighted by atomic mass is 16.5. The van der Waals surface area contributed by atoms with Gasteiger partial charge in [0.2, 0.25) is 0 Å². The van der Waals surface area contributed by atoms with Crippen LogP contribution in [-0.2, 0) is 0 Å². The van der Waals surface area contributed by atoms with Crippen molar-refractivity contribution in [2.24, 2.45) is 0 Å². The first kappa shape index (κ1) is 17.2. The summed E-state index contributed by atoms with van der Waals surface area (Å²) in [5.74, 6) is 1.83. The van der Waals surface area contributed by atoms with Crippen LogP contribution in [0.3, 0.4) is 0 Å². The van der Waals surface area contributed by atoms with Crippen molar-refractivity contribution in [2.75, 3.05) is 29.9 Å². The lowest BCUT2D eigenvalue weighted by Gasteiger charge is -2.28. The number of carbonyl (C=O) groups excluding carboxylic acids is 1. The summed E-state index contributed by atoms with van der Waals surface area (Å²) >= 11 is 0. The Morgan fingerprint density at radius 1 is 1.20 bits per heavy atom. The molecule has 1 fully saturated rings. The Kier molecular flexibility index (Phi) is 5.48. The second-order valence-corrected chi connectivity index (χ2v) is 6.09. The molecule has 1 aromatic heterocycles. The average molecular weight is 340 g/mol. The number of ether oxygens (including phenoxy) is 1. The van der Waals surface area contributed by atoms with Crippen molar-refractivity contribution in [3.05, 3.63) is 41.9 Å². The van der Waals surface area contributed by atoms with Crippen molar-refractivity contribution < 1.29 is 9.53 Å². The van der Waals surface area contributed by atoms with E-state index in [4.69, 9.17) is 4.74 Å². The SMILES string of the molecule is CCOc1ccccc1NC(=O)c1cc(N2CCCCC2)nc(C)n1. The third kappa shape index (κ3) is 4.26. The van der Waals surface area contributed by atoms with Gasteiger partial charge >= 0.3 is 0 Å². The maximum Gasteiger partial charge on any atom is 0.274 e. The summed E-state index contributed by atoms with van der Waals surface area (Å²) in [5.41, 5.74) is 1.02. The summed E-state index contributed by atoms with van der Waals surface area (Å²) < 4.78 is 5.56. The summed E-state index contributed by atoms with van der Waals surface area (Å²) in [6, 6.07) is 9.18. The number of anilines is 2. The molecular formula is C19H24N4O2. The standard InChI is InChI=1S/C19H24N4O2/c1-3-25-17-10-6-5-9-15(17)22-19(24)16-13-18(21-14(2)20-16)23-11-7-4-8-12-23/h5-6,9-10,13H,3-4,7-8,11-12H2,1-2H3,(H,22,24). The number of amides is 1. The Balaban J connectivity index is 1.81. The smallest absolute Gasteiger partial charge is 0.274 e. The predicted octanol–water partition coefficient (Wildman–Crippen LogP) is 3.43. The maximum atomic E-state index is 12.7. The molecule has 25 heavy (non-hydrogen) atoms. The fraction of sp³-hybridized carbons (Fsp3) is 0.421. The van der Waals surface area contributed by atoms with Gasteiger partial charge < -0.3 is 15.0 Å². The Hall–Kier alpha value is -2.63. The van der Waals surface area contributed by atoms with E-state index >= 15 is 0 Å². The van der Waals surface area contributed by atoms with Gasteiger partial charge in [-0.1, -0.05) is 12.1 Å². The predicted molar refractivity (Wildman–Crippen MR) is 98.4 cm³/mol. The number of aromatic nitrogens is 2. The lowest BCUT2D eigenvalue weighted by molar-refractivity contribution is 0.102. The first-order chi connectivity index (χ1) is 12.2. The van der Waals surface area contributed by atoms with E-state index < -0.39 is 0 Å². The number of hydrogen-bond donors (Lipinski definition) is 1. The van der Waals surface area contributed by atoms with E-state index in [9.17, 15) is 4.79 Å². The second kappa shape index (κ2) is 7.96. The summed E-state index contributed by atoms with van der Waals surface area (Å²) in [4.78, 5) is 23.7. The molecule has 0 saturated carbocycles. The molecule has 0 unspecified atom stereocenters. The highest BCUT2D eigenvalue weighted by molar-refractivity contribution is 6.04. The summed E-state index contributed by atoms with van der Waals surface area (Å²) in [6.45, 7) is 6.23. The zero-order valence-electron chi connectivity index (χ0n) is 14.8. The average Bonchev–Trinajstić information content (AvgIpc) is 2.64. The zero-order valence-corrected chi connectivity index (χ0v) is 14.8. The van der Waals surface area contributed by atoms with Crippen LogP contribution in [0.4, 0.5) is 11.5 Å². The van der Waals surface area contributed by atoms with Crippen LogP contribution in [0.2, 0.25) is 0 Å². The van der Waals surface area contributed by atoms with Crippen molar-refractivity contribution >= 4 is 17.4 Å². The third-order valence-corrected chi connectivity index (χ3v) is 4.17. The van der Waals surface area contributed by atoms with E-state index in [2.05, 4.69) is 20.2 Å². The van der Waals surface area contributed by atoms with Crippen molar-refractivity contribution in [1.82, 2.24) is 9.97 Å². The molecule has 0 bridgehead atoms. The number of piperidine rings is 1. The van der Waals surface area contributed by atoms with Gasteiger partial charge in [-0.15, -0.1) is 0 Å². The zero-order chi connectivity index (χ0) is 17.6. The Morgan fingerprint density at radius 2 is 1.96 bits per heavy atom. The minimum Gasteiger partial charge on any atom is -0.492 e. The normalized spacial score (nSPS) is 14.2. The van der Waals surface area contributed by atoms with Gasteiger partial charge in [0.15, 0.2) is 0 Å². The number of nitrogens with zero attached hydrogens (tertiary/aromatic N) is 3. The Morgan fingerprint density at radius 3 is 2.72 bits per heavy atom. The maximum absolute atomic E-state index is 12.7. The second-order valence-electron chi connectivity index (χ2n) is 6.09. The summed E-state index contributed by atoms with van der Waals surface area (Å²) in [7, 11) is 0. The minimum absolute atomic E-state index is 0.254. The van der Waals surface area contributed by atoms with Gasteiger partial charge in [-0.3, -0.25) is 4.79 Å². The first-order valence-corrected chi connectivity index (χ1v) is 8.81. The number of nitrogens with one attached hydrogen (secondary N) is 1. The molecule has 0 atom stereocenters. The minimum atomic E-state index is -0.254. The molecular weight excluding hydrogens is 316 g/mol. The van der Waals surface area contributed by atoms with Crippen molar-refractivity contribution in [3.63, 3.8) is 0 Å². The molecule has 1 N–H and O–H groups in total. The van der Waals surface area contributed by atoms with Crippen LogP contribution in [-0.4, -0.2) is 35.6 Å². The van der Waals surface area contributed by atoms with E-state index in [1.807, 2.05) is 38.1 Å². The summed E-state index contributed by atoms with van der Waals surface area (Å²) in [6.07, 6.45) is 3.57. The lowest BCUT2D eigenvalue weighted by atomic mass is 10.1. The van der Waals surface area contributed by atoms with Crippen LogP contribution in [0.25, 0.3) is 0 Å². The van der Waals surface area contributed by atoms with E-state index in [1.165, 1.54) is 6.42 Å². The molecule has 1 amide bonds. The first-order valence-electron chi connectivity index (χ1n) is 8.81. The van der Waals surface area contributed by atoms with Crippen molar-refractivity contribution in [2.45, 2.75) is 33.1 Å². The molecule has 0 radical (unpaired) electrons. The quantitative estimate of drug-likeness (QED) is 0.903. The van der Waals surface area contributed by atoms with Crippen LogP contribution in [0, 0.1) is 6.92 Å². The topological polar surface area (TPSA) is 67.3 Å². The molecule has 6 nitrogen and oxygen atoms in total. The molecule has 0 spiro atoms. The van der Waals surface area contributed by atoms with Gasteiger partial charge in [-0.25, -0.2) is 9.97 Å². The van der Waals surface area contributed by atoms with E-state index in [0.717, 1.165) is 31.7 Å². The highest BCUT2D eigenvalue weighted by Crippen LogP contribution is 2.25. The van der Waals surface area contributed by atoms with Crippen LogP contribution in [0.15, 0.2) is 30.3 Å². The number of para-hydroxylation sites is 2. The molecule has 1 saturated heterocycles. The molecule has 6 heteroatoms. The van der Waals surface area contributed by atoms with Crippen molar-refractivity contribution in [1.29, 1.82) is 0 Å². The number of rotatable bonds is 5. The van der Waals surface area contributed by atoms with E-state index in [0.29, 0.717) is 29.6 Å². The third-order valence-electron chi connectivity index (χ3n) is 4.17. The number of benzene rings is 1. The number of aryl methyl sites for hydroxylation is 1. The van der Waals surface area contributed by atoms with Crippen LogP contribution in [0.5, 0.6) is 5.75 Å². The largest absolute Gasteiger partial charge is 0.492 e. The van der Waals surface area contributed by atoms with Gasteiger partial charge in [0.05, 0.1) is 12.3 Å². The van der Waals surface area contributed by atoms with E-state index in [-0.39, 0.29) is 5.91 Å². The molecule has 0 aliphatic carbocycles. The summed E-state index contributed by atoms with van der Waals surface area (Å²) in [5, 5.41) is 2.90. The van der Waals surface area contributed by atoms with Gasteiger partial charge in [-0.2, -0.15) is 0 Å². The van der Waals surface area contributed by atoms with Gasteiger partial charge in [0.25, 0.3) is 5.91 Å². The van der Waals surface area contributed by atoms with Gasteiger partial charge in [0, 0.05) is 19.2 Å². The van der Waals surface area contributed by atoms with Gasteiger partial charge in [-0.05, 0) is 45.2 Å². The Labute approximate surface area is 148 Å². The number of carbonyl (C=O) groups is 1. The van der Waals surface area contributed by atoms with Crippen molar-refractivity contribution in [3.8, 4) is 5.75 Å². The molecule has 3 rings (SSSR count). The molecule has 1 aromatic carbocycles. The molecule has 2 heterocycles. The monoisotopic (exact) mass is 340 g/mol. The van der Waals surface area contributed by atoms with Crippen LogP contribution in [0.1, 0.15) is 42.5 Å². The fourth-order valence-corrected chi connectivity index (χ4v) is 2.99.